The summed E-state index contributed by atoms with van der Waals surface area (Å²) in [6, 6.07) is 1.77. The third kappa shape index (κ3) is 5.50. The summed E-state index contributed by atoms with van der Waals surface area (Å²) >= 11 is 0. The molecule has 3 rings (SSSR count). The van der Waals surface area contributed by atoms with Crippen LogP contribution in [0.3, 0.4) is 0 Å². The van der Waals surface area contributed by atoms with Gasteiger partial charge in [-0.2, -0.15) is 0 Å². The summed E-state index contributed by atoms with van der Waals surface area (Å²) < 4.78 is 5.51. The van der Waals surface area contributed by atoms with Crippen LogP contribution in [0, 0.1) is 0 Å². The number of anilines is 1. The van der Waals surface area contributed by atoms with Gasteiger partial charge in [0.25, 0.3) is 11.5 Å². The molecule has 11 heteroatoms. The summed E-state index contributed by atoms with van der Waals surface area (Å²) in [5.74, 6) is -2.45. The minimum absolute atomic E-state index is 0.0427. The van der Waals surface area contributed by atoms with Crippen LogP contribution < -0.4 is 16.6 Å². The first-order chi connectivity index (χ1) is 14.7. The van der Waals surface area contributed by atoms with E-state index in [1.807, 2.05) is 0 Å². The van der Waals surface area contributed by atoms with E-state index >= 15 is 0 Å². The quantitative estimate of drug-likeness (QED) is 0.365. The van der Waals surface area contributed by atoms with E-state index in [0.717, 1.165) is 25.0 Å². The van der Waals surface area contributed by atoms with Gasteiger partial charge in [0.1, 0.15) is 11.8 Å². The third-order valence-electron chi connectivity index (χ3n) is 5.30. The molecule has 0 aromatic carbocycles. The summed E-state index contributed by atoms with van der Waals surface area (Å²) in [7, 11) is 0. The van der Waals surface area contributed by atoms with E-state index in [1.54, 1.807) is 6.07 Å². The molecule has 0 radical (unpaired) electrons. The van der Waals surface area contributed by atoms with Crippen LogP contribution in [0.1, 0.15) is 65.6 Å². The van der Waals surface area contributed by atoms with Crippen molar-refractivity contribution in [1.82, 2.24) is 15.3 Å². The Kier molecular flexibility index (Phi) is 6.73. The van der Waals surface area contributed by atoms with Gasteiger partial charge in [0.05, 0.1) is 5.69 Å². The topological polar surface area (TPSA) is 189 Å². The molecule has 0 bridgehead atoms. The zero-order valence-corrected chi connectivity index (χ0v) is 16.7. The van der Waals surface area contributed by atoms with Gasteiger partial charge in [-0.05, 0) is 50.2 Å². The van der Waals surface area contributed by atoms with E-state index in [2.05, 4.69) is 15.3 Å². The van der Waals surface area contributed by atoms with Crippen LogP contribution in [-0.2, 0) is 22.4 Å². The van der Waals surface area contributed by atoms with E-state index in [4.69, 9.17) is 20.4 Å². The van der Waals surface area contributed by atoms with Crippen molar-refractivity contribution in [2.45, 2.75) is 56.9 Å². The van der Waals surface area contributed by atoms with Crippen LogP contribution >= 0.6 is 0 Å². The highest BCUT2D eigenvalue weighted by molar-refractivity contribution is 5.94. The molecule has 2 aromatic heterocycles. The molecule has 0 spiro atoms. The molecule has 1 unspecified atom stereocenters. The maximum Gasteiger partial charge on any atom is 0.326 e. The average Bonchev–Trinajstić information content (AvgIpc) is 3.32. The van der Waals surface area contributed by atoms with Crippen molar-refractivity contribution in [3.63, 3.8) is 0 Å². The fourth-order valence-corrected chi connectivity index (χ4v) is 3.82. The second kappa shape index (κ2) is 9.45. The Bertz CT molecular complexity index is 1040. The summed E-state index contributed by atoms with van der Waals surface area (Å²) in [4.78, 5) is 53.0. The lowest BCUT2D eigenvalue weighted by molar-refractivity contribution is -0.140. The molecule has 0 saturated carbocycles. The highest BCUT2D eigenvalue weighted by Crippen LogP contribution is 2.33. The van der Waals surface area contributed by atoms with Crippen molar-refractivity contribution in [2.75, 3.05) is 5.73 Å². The number of fused-ring (bicyclic) bond motifs is 1. The highest BCUT2D eigenvalue weighted by Gasteiger charge is 2.27. The SMILES string of the molecule is Nc1nc2c(c(=O)[nH]1)C(CCCc1ccc(C(=O)N[C@@H](CCC(=O)O)C(=O)O)o1)CC2. The summed E-state index contributed by atoms with van der Waals surface area (Å²) in [5.41, 5.74) is 6.83. The number of nitrogen functional groups attached to an aromatic ring is 1. The predicted octanol–water partition coefficient (Wildman–Crippen LogP) is 1.05. The molecular formula is C20H24N4O7. The number of H-pyrrole nitrogens is 1. The number of aliphatic carboxylic acids is 2. The summed E-state index contributed by atoms with van der Waals surface area (Å²) in [6.45, 7) is 0. The van der Waals surface area contributed by atoms with Crippen molar-refractivity contribution in [1.29, 1.82) is 0 Å². The molecule has 1 amide bonds. The minimum Gasteiger partial charge on any atom is -0.481 e. The molecule has 2 aromatic rings. The summed E-state index contributed by atoms with van der Waals surface area (Å²) in [5, 5.41) is 20.1. The normalized spacial score (nSPS) is 15.9. The number of carboxylic acid groups (broad SMARTS) is 2. The van der Waals surface area contributed by atoms with Crippen LogP contribution in [0.5, 0.6) is 0 Å². The van der Waals surface area contributed by atoms with Crippen molar-refractivity contribution in [3.05, 3.63) is 45.3 Å². The molecule has 11 nitrogen and oxygen atoms in total. The first-order valence-electron chi connectivity index (χ1n) is 9.97. The predicted molar refractivity (Wildman–Crippen MR) is 108 cm³/mol. The van der Waals surface area contributed by atoms with Crippen LogP contribution in [0.4, 0.5) is 5.95 Å². The van der Waals surface area contributed by atoms with Gasteiger partial charge in [-0.15, -0.1) is 0 Å². The third-order valence-corrected chi connectivity index (χ3v) is 5.30. The lowest BCUT2D eigenvalue weighted by Crippen LogP contribution is -2.41. The average molecular weight is 432 g/mol. The first-order valence-corrected chi connectivity index (χ1v) is 9.97. The van der Waals surface area contributed by atoms with Gasteiger partial charge in [0, 0.05) is 18.4 Å². The number of aryl methyl sites for hydroxylation is 2. The number of carbonyl (C=O) groups excluding carboxylic acids is 1. The Morgan fingerprint density at radius 3 is 2.81 bits per heavy atom. The Morgan fingerprint density at radius 2 is 2.10 bits per heavy atom. The molecule has 0 aliphatic heterocycles. The second-order valence-corrected chi connectivity index (χ2v) is 7.50. The first kappa shape index (κ1) is 22.1. The molecule has 0 fully saturated rings. The van der Waals surface area contributed by atoms with E-state index in [1.165, 1.54) is 6.07 Å². The Balaban J connectivity index is 1.53. The number of nitrogens with one attached hydrogen (secondary N) is 2. The second-order valence-electron chi connectivity index (χ2n) is 7.50. The number of aromatic nitrogens is 2. The molecule has 166 valence electrons. The molecule has 2 atom stereocenters. The largest absolute Gasteiger partial charge is 0.481 e. The number of amides is 1. The number of carbonyl (C=O) groups is 3. The van der Waals surface area contributed by atoms with Crippen molar-refractivity contribution < 1.29 is 29.0 Å². The number of carboxylic acids is 2. The van der Waals surface area contributed by atoms with Crippen LogP contribution in [0.25, 0.3) is 0 Å². The number of hydrogen-bond acceptors (Lipinski definition) is 7. The molecule has 1 aliphatic carbocycles. The summed E-state index contributed by atoms with van der Waals surface area (Å²) in [6.07, 6.45) is 2.95. The van der Waals surface area contributed by atoms with Gasteiger partial charge in [0.2, 0.25) is 5.95 Å². The van der Waals surface area contributed by atoms with Crippen LogP contribution in [0.15, 0.2) is 21.3 Å². The number of nitrogens with zero attached hydrogens (tertiary/aromatic N) is 1. The lowest BCUT2D eigenvalue weighted by atomic mass is 9.96. The fourth-order valence-electron chi connectivity index (χ4n) is 3.82. The Labute approximate surface area is 176 Å². The lowest BCUT2D eigenvalue weighted by Gasteiger charge is -2.12. The van der Waals surface area contributed by atoms with E-state index in [0.29, 0.717) is 24.2 Å². The van der Waals surface area contributed by atoms with E-state index < -0.39 is 23.9 Å². The zero-order chi connectivity index (χ0) is 22.5. The van der Waals surface area contributed by atoms with Crippen LogP contribution in [-0.4, -0.2) is 44.1 Å². The van der Waals surface area contributed by atoms with Gasteiger partial charge in [-0.1, -0.05) is 0 Å². The van der Waals surface area contributed by atoms with E-state index in [-0.39, 0.29) is 36.0 Å². The number of furan rings is 1. The van der Waals surface area contributed by atoms with Crippen LogP contribution in [0.2, 0.25) is 0 Å². The van der Waals surface area contributed by atoms with Gasteiger partial charge in [-0.3, -0.25) is 19.4 Å². The Morgan fingerprint density at radius 1 is 1.32 bits per heavy atom. The van der Waals surface area contributed by atoms with Crippen molar-refractivity contribution in [2.24, 2.45) is 0 Å². The number of hydrogen-bond donors (Lipinski definition) is 5. The van der Waals surface area contributed by atoms with Crippen molar-refractivity contribution >= 4 is 23.8 Å². The molecule has 1 aliphatic rings. The minimum atomic E-state index is -1.32. The van der Waals surface area contributed by atoms with Gasteiger partial charge >= 0.3 is 11.9 Å². The van der Waals surface area contributed by atoms with Gasteiger partial charge < -0.3 is 25.7 Å². The Hall–Kier alpha value is -3.63. The standard InChI is InChI=1S/C20H24N4O7/c21-20-23-12-6-4-10(16(12)18(28)24-20)2-1-3-11-5-8-14(31-11)17(27)22-13(19(29)30)7-9-15(25)26/h5,8,10,13H,1-4,6-7,9H2,(H,22,27)(H,25,26)(H,29,30)(H3,21,23,24,28)/t10?,13-/m0/s1. The van der Waals surface area contributed by atoms with Gasteiger partial charge in [-0.25, -0.2) is 9.78 Å². The monoisotopic (exact) mass is 432 g/mol. The molecule has 6 N–H and O–H groups in total. The number of aromatic amines is 1. The maximum atomic E-state index is 12.2. The number of rotatable bonds is 10. The highest BCUT2D eigenvalue weighted by atomic mass is 16.4. The molecular weight excluding hydrogens is 408 g/mol. The van der Waals surface area contributed by atoms with Gasteiger partial charge in [0.15, 0.2) is 5.76 Å². The van der Waals surface area contributed by atoms with E-state index in [9.17, 15) is 19.2 Å². The molecule has 0 saturated heterocycles. The smallest absolute Gasteiger partial charge is 0.326 e. The van der Waals surface area contributed by atoms with Crippen molar-refractivity contribution in [3.8, 4) is 0 Å². The maximum absolute atomic E-state index is 12.2. The fraction of sp³-hybridized carbons (Fsp3) is 0.450. The molecule has 31 heavy (non-hydrogen) atoms. The zero-order valence-electron chi connectivity index (χ0n) is 16.7. The molecule has 2 heterocycles. The number of nitrogens with two attached hydrogens (primary N) is 1.